The first-order chi connectivity index (χ1) is 10.2. The maximum Gasteiger partial charge on any atom is 0.252 e. The Hall–Kier alpha value is -1.78. The topological polar surface area (TPSA) is 49.3 Å². The smallest absolute Gasteiger partial charge is 0.252 e. The van der Waals surface area contributed by atoms with E-state index in [2.05, 4.69) is 5.32 Å². The Morgan fingerprint density at radius 1 is 1.19 bits per heavy atom. The predicted molar refractivity (Wildman–Crippen MR) is 84.6 cm³/mol. The first-order valence-corrected chi connectivity index (χ1v) is 8.13. The third-order valence-corrected chi connectivity index (χ3v) is 4.64. The maximum atomic E-state index is 12.5. The van der Waals surface area contributed by atoms with Crippen molar-refractivity contribution >= 4 is 17.7 Å². The number of hydrogen-bond donors (Lipinski definition) is 2. The number of hydrogen-bond acceptors (Lipinski definition) is 3. The van der Waals surface area contributed by atoms with Crippen molar-refractivity contribution in [3.05, 3.63) is 65.2 Å². The molecule has 0 radical (unpaired) electrons. The molecule has 1 aliphatic rings. The molecule has 21 heavy (non-hydrogen) atoms. The van der Waals surface area contributed by atoms with Gasteiger partial charge < -0.3 is 10.4 Å². The van der Waals surface area contributed by atoms with Crippen LogP contribution in [0.15, 0.2) is 53.4 Å². The zero-order chi connectivity index (χ0) is 14.8. The van der Waals surface area contributed by atoms with Crippen LogP contribution in [-0.4, -0.2) is 23.4 Å². The normalized spacial score (nSPS) is 20.1. The van der Waals surface area contributed by atoms with Crippen molar-refractivity contribution in [3.8, 4) is 0 Å². The molecular formula is C17H17NO2S. The molecule has 0 saturated carbocycles. The monoisotopic (exact) mass is 299 g/mol. The van der Waals surface area contributed by atoms with E-state index < -0.39 is 6.10 Å². The quantitative estimate of drug-likeness (QED) is 0.857. The third-order valence-electron chi connectivity index (χ3n) is 3.84. The number of thioether (sulfide) groups is 1. The van der Waals surface area contributed by atoms with E-state index in [-0.39, 0.29) is 11.9 Å². The zero-order valence-electron chi connectivity index (χ0n) is 11.7. The molecule has 0 heterocycles. The van der Waals surface area contributed by atoms with E-state index >= 15 is 0 Å². The molecule has 0 saturated heterocycles. The molecule has 2 aromatic rings. The molecule has 0 spiro atoms. The number of rotatable bonds is 3. The van der Waals surface area contributed by atoms with Gasteiger partial charge in [0.15, 0.2) is 0 Å². The van der Waals surface area contributed by atoms with Gasteiger partial charge in [0.2, 0.25) is 0 Å². The Morgan fingerprint density at radius 3 is 2.71 bits per heavy atom. The summed E-state index contributed by atoms with van der Waals surface area (Å²) in [5, 5.41) is 13.2. The van der Waals surface area contributed by atoms with Crippen molar-refractivity contribution in [2.75, 3.05) is 6.26 Å². The van der Waals surface area contributed by atoms with E-state index in [1.165, 1.54) is 0 Å². The molecule has 0 aromatic heterocycles. The van der Waals surface area contributed by atoms with Gasteiger partial charge in [-0.05, 0) is 29.5 Å². The largest absolute Gasteiger partial charge is 0.390 e. The second-order valence-electron chi connectivity index (χ2n) is 5.12. The van der Waals surface area contributed by atoms with Crippen LogP contribution in [0.2, 0.25) is 0 Å². The van der Waals surface area contributed by atoms with Gasteiger partial charge in [0, 0.05) is 11.3 Å². The molecule has 0 fully saturated rings. The number of aliphatic hydroxyl groups is 1. The highest BCUT2D eigenvalue weighted by molar-refractivity contribution is 7.98. The molecule has 108 valence electrons. The molecule has 1 amide bonds. The van der Waals surface area contributed by atoms with Crippen LogP contribution in [0.25, 0.3) is 0 Å². The van der Waals surface area contributed by atoms with E-state index in [1.54, 1.807) is 11.8 Å². The standard InChI is InChI=1S/C17H17NO2S/c1-21-15-9-5-4-8-13(15)17(20)18-16-12-7-3-2-6-11(12)10-14(16)19/h2-9,14,16,19H,10H2,1H3,(H,18,20)/t14-,16+/m0/s1. The van der Waals surface area contributed by atoms with Gasteiger partial charge in [-0.2, -0.15) is 0 Å². The molecule has 3 nitrogen and oxygen atoms in total. The van der Waals surface area contributed by atoms with Gasteiger partial charge in [0.1, 0.15) is 0 Å². The van der Waals surface area contributed by atoms with Crippen LogP contribution in [0.3, 0.4) is 0 Å². The number of carbonyl (C=O) groups excluding carboxylic acids is 1. The van der Waals surface area contributed by atoms with Crippen LogP contribution in [0.5, 0.6) is 0 Å². The average Bonchev–Trinajstić information content (AvgIpc) is 2.83. The summed E-state index contributed by atoms with van der Waals surface area (Å²) in [5.74, 6) is -0.138. The summed E-state index contributed by atoms with van der Waals surface area (Å²) < 4.78 is 0. The molecular weight excluding hydrogens is 282 g/mol. The zero-order valence-corrected chi connectivity index (χ0v) is 12.6. The number of nitrogens with one attached hydrogen (secondary N) is 1. The summed E-state index contributed by atoms with van der Waals surface area (Å²) in [6.07, 6.45) is 1.98. The third kappa shape index (κ3) is 2.69. The van der Waals surface area contributed by atoms with Crippen molar-refractivity contribution in [1.82, 2.24) is 5.32 Å². The minimum atomic E-state index is -0.562. The molecule has 0 bridgehead atoms. The Kier molecular flexibility index (Phi) is 3.99. The lowest BCUT2D eigenvalue weighted by atomic mass is 10.1. The van der Waals surface area contributed by atoms with Crippen LogP contribution >= 0.6 is 11.8 Å². The SMILES string of the molecule is CSc1ccccc1C(=O)N[C@@H]1c2ccccc2C[C@@H]1O. The van der Waals surface area contributed by atoms with Gasteiger partial charge >= 0.3 is 0 Å². The average molecular weight is 299 g/mol. The highest BCUT2D eigenvalue weighted by Gasteiger charge is 2.32. The highest BCUT2D eigenvalue weighted by Crippen LogP contribution is 2.32. The van der Waals surface area contributed by atoms with Crippen molar-refractivity contribution in [1.29, 1.82) is 0 Å². The lowest BCUT2D eigenvalue weighted by Gasteiger charge is -2.18. The lowest BCUT2D eigenvalue weighted by Crippen LogP contribution is -2.34. The predicted octanol–water partition coefficient (Wildman–Crippen LogP) is 2.80. The molecule has 2 aromatic carbocycles. The minimum absolute atomic E-state index is 0.138. The first kappa shape index (κ1) is 14.2. The Labute approximate surface area is 128 Å². The Morgan fingerprint density at radius 2 is 1.90 bits per heavy atom. The van der Waals surface area contributed by atoms with Gasteiger partial charge in [0.25, 0.3) is 5.91 Å². The van der Waals surface area contributed by atoms with Gasteiger partial charge in [-0.25, -0.2) is 0 Å². The first-order valence-electron chi connectivity index (χ1n) is 6.90. The molecule has 1 aliphatic carbocycles. The Bertz CT molecular complexity index is 671. The molecule has 2 atom stereocenters. The summed E-state index contributed by atoms with van der Waals surface area (Å²) in [5.41, 5.74) is 2.77. The number of carbonyl (C=O) groups is 1. The highest BCUT2D eigenvalue weighted by atomic mass is 32.2. The fraction of sp³-hybridized carbons (Fsp3) is 0.235. The second kappa shape index (κ2) is 5.92. The van der Waals surface area contributed by atoms with Gasteiger partial charge in [-0.3, -0.25) is 4.79 Å². The minimum Gasteiger partial charge on any atom is -0.390 e. The van der Waals surface area contributed by atoms with Crippen molar-refractivity contribution < 1.29 is 9.90 Å². The number of fused-ring (bicyclic) bond motifs is 1. The van der Waals surface area contributed by atoms with Crippen LogP contribution in [0, 0.1) is 0 Å². The fourth-order valence-corrected chi connectivity index (χ4v) is 3.39. The van der Waals surface area contributed by atoms with E-state index in [9.17, 15) is 9.90 Å². The van der Waals surface area contributed by atoms with Gasteiger partial charge in [-0.1, -0.05) is 36.4 Å². The number of amides is 1. The van der Waals surface area contributed by atoms with Gasteiger partial charge in [-0.15, -0.1) is 11.8 Å². The fourth-order valence-electron chi connectivity index (χ4n) is 2.80. The van der Waals surface area contributed by atoms with Crippen molar-refractivity contribution in [2.24, 2.45) is 0 Å². The summed E-state index contributed by atoms with van der Waals surface area (Å²) in [6, 6.07) is 15.1. The van der Waals surface area contributed by atoms with E-state index in [0.29, 0.717) is 12.0 Å². The summed E-state index contributed by atoms with van der Waals surface area (Å²) in [6.45, 7) is 0. The van der Waals surface area contributed by atoms with Gasteiger partial charge in [0.05, 0.1) is 17.7 Å². The van der Waals surface area contributed by atoms with Crippen LogP contribution in [0.1, 0.15) is 27.5 Å². The molecule has 0 unspecified atom stereocenters. The summed E-state index contributed by atoms with van der Waals surface area (Å²) >= 11 is 1.54. The lowest BCUT2D eigenvalue weighted by molar-refractivity contribution is 0.0855. The second-order valence-corrected chi connectivity index (χ2v) is 5.97. The Balaban J connectivity index is 1.85. The van der Waals surface area contributed by atoms with E-state index in [1.807, 2.05) is 54.8 Å². The van der Waals surface area contributed by atoms with Crippen LogP contribution in [-0.2, 0) is 6.42 Å². The van der Waals surface area contributed by atoms with E-state index in [4.69, 9.17) is 0 Å². The van der Waals surface area contributed by atoms with Crippen LogP contribution in [0.4, 0.5) is 0 Å². The number of aliphatic hydroxyl groups excluding tert-OH is 1. The van der Waals surface area contributed by atoms with E-state index in [0.717, 1.165) is 16.0 Å². The number of benzene rings is 2. The van der Waals surface area contributed by atoms with Crippen molar-refractivity contribution in [3.63, 3.8) is 0 Å². The molecule has 3 rings (SSSR count). The molecule has 4 heteroatoms. The summed E-state index contributed by atoms with van der Waals surface area (Å²) in [4.78, 5) is 13.4. The molecule has 0 aliphatic heterocycles. The summed E-state index contributed by atoms with van der Waals surface area (Å²) in [7, 11) is 0. The van der Waals surface area contributed by atoms with Crippen molar-refractivity contribution in [2.45, 2.75) is 23.5 Å². The van der Waals surface area contributed by atoms with Crippen LogP contribution < -0.4 is 5.32 Å². The maximum absolute atomic E-state index is 12.5. The molecule has 2 N–H and O–H groups in total.